The number of benzene rings is 3. The van der Waals surface area contributed by atoms with Gasteiger partial charge in [0.15, 0.2) is 0 Å². The van der Waals surface area contributed by atoms with Crippen LogP contribution in [0.5, 0.6) is 0 Å². The number of sulfonamides is 1. The van der Waals surface area contributed by atoms with Crippen molar-refractivity contribution in [3.8, 4) is 0 Å². The molecule has 0 atom stereocenters. The Morgan fingerprint density at radius 3 is 2.46 bits per heavy atom. The molecule has 0 aliphatic heterocycles. The highest BCUT2D eigenvalue weighted by atomic mass is 32.2. The topological polar surface area (TPSA) is 185 Å². The number of aromatic nitrogens is 1. The average Bonchev–Trinajstić information content (AvgIpc) is 3.07. The van der Waals surface area contributed by atoms with Crippen molar-refractivity contribution in [3.05, 3.63) is 113 Å². The van der Waals surface area contributed by atoms with Crippen LogP contribution in [0.25, 0.3) is 17.0 Å². The number of hydrogen-bond acceptors (Lipinski definition) is 8. The highest BCUT2D eigenvalue weighted by Crippen LogP contribution is 2.33. The predicted octanol–water partition coefficient (Wildman–Crippen LogP) is 2.72. The Morgan fingerprint density at radius 1 is 0.978 bits per heavy atom. The van der Waals surface area contributed by atoms with E-state index >= 15 is 0 Å². The van der Waals surface area contributed by atoms with Gasteiger partial charge < -0.3 is 21.1 Å². The summed E-state index contributed by atoms with van der Waals surface area (Å²) in [4.78, 5) is 42.1. The number of allylic oxidation sites excluding steroid dienone is 1. The third kappa shape index (κ3) is 6.89. The van der Waals surface area contributed by atoms with Crippen molar-refractivity contribution in [2.75, 3.05) is 20.2 Å². The average molecular weight is 641 g/mol. The first kappa shape index (κ1) is 31.9. The van der Waals surface area contributed by atoms with Gasteiger partial charge in [-0.3, -0.25) is 29.1 Å². The summed E-state index contributed by atoms with van der Waals surface area (Å²) in [6, 6.07) is 20.5. The number of methoxy groups -OCH3 is 1. The van der Waals surface area contributed by atoms with Crippen molar-refractivity contribution in [2.45, 2.75) is 24.3 Å². The van der Waals surface area contributed by atoms with Gasteiger partial charge in [-0.1, -0.05) is 54.6 Å². The number of para-hydroxylation sites is 1. The third-order valence-electron chi connectivity index (χ3n) is 7.56. The second-order valence-electron chi connectivity index (χ2n) is 10.5. The molecule has 0 bridgehead atoms. The molecule has 3 aromatic carbocycles. The van der Waals surface area contributed by atoms with E-state index in [2.05, 4.69) is 20.4 Å². The van der Waals surface area contributed by atoms with Gasteiger partial charge in [0.1, 0.15) is 23.8 Å². The number of esters is 1. The molecule has 46 heavy (non-hydrogen) atoms. The van der Waals surface area contributed by atoms with Crippen molar-refractivity contribution in [1.82, 2.24) is 19.9 Å². The van der Waals surface area contributed by atoms with Crippen LogP contribution in [0.15, 0.2) is 89.6 Å². The smallest absolute Gasteiger partial charge is 0.325 e. The van der Waals surface area contributed by atoms with Crippen LogP contribution in [-0.4, -0.2) is 61.5 Å². The summed E-state index contributed by atoms with van der Waals surface area (Å²) in [5, 5.41) is 13.5. The first-order valence-corrected chi connectivity index (χ1v) is 15.8. The highest BCUT2D eigenvalue weighted by molar-refractivity contribution is 7.89. The molecule has 4 aromatic rings. The number of fused-ring (bicyclic) bond motifs is 2. The minimum absolute atomic E-state index is 0.0408. The third-order valence-corrected chi connectivity index (χ3v) is 9.39. The number of amidine groups is 1. The molecular formula is C33H32N6O6S. The molecule has 0 saturated carbocycles. The lowest BCUT2D eigenvalue weighted by atomic mass is 9.90. The second-order valence-corrected chi connectivity index (χ2v) is 12.3. The number of nitrogens with one attached hydrogen (secondary N) is 3. The van der Waals surface area contributed by atoms with Gasteiger partial charge in [-0.05, 0) is 53.8 Å². The zero-order valence-corrected chi connectivity index (χ0v) is 25.8. The first-order chi connectivity index (χ1) is 22.1. The summed E-state index contributed by atoms with van der Waals surface area (Å²) in [6.45, 7) is -0.750. The van der Waals surface area contributed by atoms with E-state index in [9.17, 15) is 22.8 Å². The monoisotopic (exact) mass is 640 g/mol. The van der Waals surface area contributed by atoms with E-state index in [0.717, 1.165) is 15.4 Å². The van der Waals surface area contributed by atoms with Gasteiger partial charge in [0.25, 0.3) is 15.9 Å². The molecule has 13 heteroatoms. The predicted molar refractivity (Wildman–Crippen MR) is 172 cm³/mol. The molecule has 0 spiro atoms. The summed E-state index contributed by atoms with van der Waals surface area (Å²) in [6.07, 6.45) is 3.71. The van der Waals surface area contributed by atoms with Crippen molar-refractivity contribution < 1.29 is 27.5 Å². The van der Waals surface area contributed by atoms with Crippen molar-refractivity contribution >= 4 is 50.6 Å². The maximum Gasteiger partial charge on any atom is 0.325 e. The Balaban J connectivity index is 1.45. The molecule has 0 saturated heterocycles. The van der Waals surface area contributed by atoms with Gasteiger partial charge >= 0.3 is 5.97 Å². The van der Waals surface area contributed by atoms with Crippen molar-refractivity contribution in [3.63, 3.8) is 0 Å². The number of carbonyl (C=O) groups excluding carboxylic acids is 3. The summed E-state index contributed by atoms with van der Waals surface area (Å²) in [7, 11) is -3.13. The molecule has 1 aromatic heterocycles. The number of nitrogen functional groups attached to an aromatic ring is 1. The standard InChI is InChI=1S/C33H32N6O6S/c1-45-30(41)19-37-29(40)20-39(46(43,44)28-9-3-5-22-7-4-16-36-31(22)28)25-14-15-26-24(17-25)6-2-8-27(26)33(42)38-18-21-10-12-23(13-11-21)32(34)35/h2-13,16-17H,14-15,18-20H2,1H3,(H3,34,35)(H,37,40)(H,38,42). The van der Waals surface area contributed by atoms with E-state index < -0.39 is 35.0 Å². The van der Waals surface area contributed by atoms with Crippen LogP contribution < -0.4 is 16.4 Å². The number of hydrogen-bond donors (Lipinski definition) is 4. The van der Waals surface area contributed by atoms with E-state index in [1.165, 1.54) is 19.4 Å². The van der Waals surface area contributed by atoms with E-state index in [-0.39, 0.29) is 35.1 Å². The van der Waals surface area contributed by atoms with E-state index in [4.69, 9.17) is 11.1 Å². The van der Waals surface area contributed by atoms with Crippen LogP contribution in [0.4, 0.5) is 0 Å². The molecule has 236 valence electrons. The number of nitrogens with two attached hydrogens (primary N) is 1. The Kier molecular flexibility index (Phi) is 9.42. The lowest BCUT2D eigenvalue weighted by molar-refractivity contribution is -0.141. The molecule has 1 aliphatic carbocycles. The number of rotatable bonds is 11. The number of amides is 2. The minimum Gasteiger partial charge on any atom is -0.468 e. The van der Waals surface area contributed by atoms with Crippen LogP contribution in [-0.2, 0) is 37.3 Å². The van der Waals surface area contributed by atoms with Gasteiger partial charge in [0, 0.05) is 35.0 Å². The molecule has 0 radical (unpaired) electrons. The number of nitrogens with zero attached hydrogens (tertiary/aromatic N) is 2. The molecule has 0 fully saturated rings. The molecular weight excluding hydrogens is 608 g/mol. The molecule has 1 aliphatic rings. The fraction of sp³-hybridized carbons (Fsp3) is 0.182. The zero-order valence-electron chi connectivity index (χ0n) is 24.9. The fourth-order valence-corrected chi connectivity index (χ4v) is 6.83. The highest BCUT2D eigenvalue weighted by Gasteiger charge is 2.32. The molecule has 5 N–H and O–H groups in total. The number of pyridine rings is 1. The van der Waals surface area contributed by atoms with Crippen LogP contribution in [0.1, 0.15) is 39.0 Å². The van der Waals surface area contributed by atoms with Crippen LogP contribution >= 0.6 is 0 Å². The molecule has 2 amide bonds. The van der Waals surface area contributed by atoms with Crippen molar-refractivity contribution in [1.29, 1.82) is 5.41 Å². The molecule has 1 heterocycles. The SMILES string of the molecule is COC(=O)CNC(=O)CN(C1=Cc2cccc(C(=O)NCc3ccc(C(=N)N)cc3)c2CC1)S(=O)(=O)c1cccc2cccnc12. The number of ether oxygens (including phenoxy) is 1. The van der Waals surface area contributed by atoms with Crippen LogP contribution in [0.2, 0.25) is 0 Å². The van der Waals surface area contributed by atoms with Crippen LogP contribution in [0.3, 0.4) is 0 Å². The van der Waals surface area contributed by atoms with Crippen molar-refractivity contribution in [2.24, 2.45) is 5.73 Å². The van der Waals surface area contributed by atoms with Gasteiger partial charge in [-0.2, -0.15) is 0 Å². The largest absolute Gasteiger partial charge is 0.468 e. The summed E-state index contributed by atoms with van der Waals surface area (Å²) >= 11 is 0. The minimum atomic E-state index is -4.32. The molecule has 5 rings (SSSR count). The lowest BCUT2D eigenvalue weighted by Crippen LogP contribution is -2.42. The Bertz CT molecular complexity index is 1970. The van der Waals surface area contributed by atoms with Gasteiger partial charge in [0.2, 0.25) is 5.91 Å². The molecule has 12 nitrogen and oxygen atoms in total. The Labute approximate surface area is 265 Å². The van der Waals surface area contributed by atoms with Gasteiger partial charge in [-0.25, -0.2) is 8.42 Å². The Morgan fingerprint density at radius 2 is 1.72 bits per heavy atom. The normalized spacial score (nSPS) is 12.4. The fourth-order valence-electron chi connectivity index (χ4n) is 5.19. The Hall–Kier alpha value is -5.56. The zero-order chi connectivity index (χ0) is 32.8. The van der Waals surface area contributed by atoms with Gasteiger partial charge in [0.05, 0.1) is 12.6 Å². The maximum atomic E-state index is 14.2. The lowest BCUT2D eigenvalue weighted by Gasteiger charge is -2.30. The summed E-state index contributed by atoms with van der Waals surface area (Å²) in [5.74, 6) is -1.71. The number of carbonyl (C=O) groups is 3. The second kappa shape index (κ2) is 13.6. The summed E-state index contributed by atoms with van der Waals surface area (Å²) < 4.78 is 34.1. The first-order valence-electron chi connectivity index (χ1n) is 14.3. The molecule has 0 unspecified atom stereocenters. The van der Waals surface area contributed by atoms with Crippen LogP contribution in [0, 0.1) is 5.41 Å². The summed E-state index contributed by atoms with van der Waals surface area (Å²) in [5.41, 5.74) is 9.39. The maximum absolute atomic E-state index is 14.2. The van der Waals surface area contributed by atoms with E-state index in [1.54, 1.807) is 72.8 Å². The quantitative estimate of drug-likeness (QED) is 0.110. The van der Waals surface area contributed by atoms with E-state index in [0.29, 0.717) is 34.2 Å². The van der Waals surface area contributed by atoms with E-state index in [1.807, 2.05) is 0 Å². The van der Waals surface area contributed by atoms with Gasteiger partial charge in [-0.15, -0.1) is 0 Å².